The lowest BCUT2D eigenvalue weighted by molar-refractivity contribution is -0.116. The molecule has 1 amide bonds. The zero-order chi connectivity index (χ0) is 11.1. The van der Waals surface area contributed by atoms with Crippen molar-refractivity contribution in [3.63, 3.8) is 0 Å². The molecule has 0 aliphatic heterocycles. The molecule has 0 radical (unpaired) electrons. The number of ether oxygens (including phenoxy) is 1. The van der Waals surface area contributed by atoms with Crippen LogP contribution in [-0.4, -0.2) is 35.9 Å². The maximum atomic E-state index is 11.2. The van der Waals surface area contributed by atoms with Crippen LogP contribution in [0.2, 0.25) is 0 Å². The normalized spacial score (nSPS) is 10.3. The molecule has 1 aromatic heterocycles. The molecule has 0 aliphatic rings. The van der Waals surface area contributed by atoms with Gasteiger partial charge in [-0.2, -0.15) is 5.10 Å². The molecule has 6 heteroatoms. The van der Waals surface area contributed by atoms with Gasteiger partial charge in [-0.3, -0.25) is 9.48 Å². The number of anilines is 1. The molecule has 0 aliphatic carbocycles. The van der Waals surface area contributed by atoms with Crippen LogP contribution in [0.25, 0.3) is 0 Å². The van der Waals surface area contributed by atoms with Gasteiger partial charge in [0.15, 0.2) is 0 Å². The van der Waals surface area contributed by atoms with Gasteiger partial charge in [0, 0.05) is 26.3 Å². The number of carbonyl (C=O) groups is 1. The zero-order valence-corrected chi connectivity index (χ0v) is 8.77. The Bertz CT molecular complexity index is 311. The van der Waals surface area contributed by atoms with E-state index in [9.17, 15) is 4.79 Å². The van der Waals surface area contributed by atoms with Crippen molar-refractivity contribution in [3.8, 4) is 0 Å². The van der Waals surface area contributed by atoms with E-state index in [1.807, 2.05) is 0 Å². The van der Waals surface area contributed by atoms with E-state index in [2.05, 4.69) is 10.4 Å². The number of nitrogens with two attached hydrogens (primary N) is 1. The predicted molar refractivity (Wildman–Crippen MR) is 56.4 cm³/mol. The van der Waals surface area contributed by atoms with Crippen molar-refractivity contribution in [2.75, 3.05) is 25.6 Å². The summed E-state index contributed by atoms with van der Waals surface area (Å²) in [6.45, 7) is 1.62. The summed E-state index contributed by atoms with van der Waals surface area (Å²) in [6, 6.07) is 0. The lowest BCUT2D eigenvalue weighted by atomic mass is 10.4. The van der Waals surface area contributed by atoms with Crippen LogP contribution in [0.4, 0.5) is 5.69 Å². The van der Waals surface area contributed by atoms with Gasteiger partial charge in [0.2, 0.25) is 5.91 Å². The molecule has 0 bridgehead atoms. The number of rotatable bonds is 6. The first kappa shape index (κ1) is 11.7. The number of hydrogen-bond donors (Lipinski definition) is 2. The van der Waals surface area contributed by atoms with Crippen LogP contribution < -0.4 is 11.1 Å². The van der Waals surface area contributed by atoms with Crippen LogP contribution >= 0.6 is 0 Å². The Morgan fingerprint density at radius 3 is 3.20 bits per heavy atom. The summed E-state index contributed by atoms with van der Waals surface area (Å²) in [5.41, 5.74) is 5.94. The third-order valence-electron chi connectivity index (χ3n) is 1.81. The molecule has 0 atom stereocenters. The molecule has 0 fully saturated rings. The van der Waals surface area contributed by atoms with Gasteiger partial charge in [0.1, 0.15) is 0 Å². The van der Waals surface area contributed by atoms with E-state index < -0.39 is 0 Å². The van der Waals surface area contributed by atoms with E-state index in [0.29, 0.717) is 31.8 Å². The molecule has 0 saturated heterocycles. The molecule has 1 heterocycles. The van der Waals surface area contributed by atoms with Crippen LogP contribution in [0.15, 0.2) is 12.4 Å². The number of nitrogens with zero attached hydrogens (tertiary/aromatic N) is 2. The SMILES string of the molecule is COCCn1cc(NC(=O)CCN)cn1. The highest BCUT2D eigenvalue weighted by atomic mass is 16.5. The smallest absolute Gasteiger partial charge is 0.225 e. The number of carbonyl (C=O) groups excluding carboxylic acids is 1. The molecule has 84 valence electrons. The summed E-state index contributed by atoms with van der Waals surface area (Å²) in [4.78, 5) is 11.2. The first-order valence-corrected chi connectivity index (χ1v) is 4.77. The van der Waals surface area contributed by atoms with Crippen molar-refractivity contribution in [1.82, 2.24) is 9.78 Å². The Morgan fingerprint density at radius 1 is 1.73 bits per heavy atom. The molecule has 6 nitrogen and oxygen atoms in total. The van der Waals surface area contributed by atoms with E-state index in [4.69, 9.17) is 10.5 Å². The molecule has 0 saturated carbocycles. The fourth-order valence-corrected chi connectivity index (χ4v) is 1.09. The first-order chi connectivity index (χ1) is 7.26. The number of nitrogens with one attached hydrogen (secondary N) is 1. The minimum Gasteiger partial charge on any atom is -0.383 e. The Labute approximate surface area is 88.4 Å². The van der Waals surface area contributed by atoms with Gasteiger partial charge in [-0.15, -0.1) is 0 Å². The number of amides is 1. The van der Waals surface area contributed by atoms with Crippen LogP contribution in [-0.2, 0) is 16.1 Å². The monoisotopic (exact) mass is 212 g/mol. The molecular weight excluding hydrogens is 196 g/mol. The fraction of sp³-hybridized carbons (Fsp3) is 0.556. The maximum Gasteiger partial charge on any atom is 0.225 e. The van der Waals surface area contributed by atoms with E-state index in [-0.39, 0.29) is 5.91 Å². The van der Waals surface area contributed by atoms with Crippen LogP contribution in [0.3, 0.4) is 0 Å². The number of aromatic nitrogens is 2. The molecular formula is C9H16N4O2. The standard InChI is InChI=1S/C9H16N4O2/c1-15-5-4-13-7-8(6-11-13)12-9(14)2-3-10/h6-7H,2-5,10H2,1H3,(H,12,14). The molecule has 1 rings (SSSR count). The Kier molecular flexibility index (Phi) is 4.79. The fourth-order valence-electron chi connectivity index (χ4n) is 1.09. The summed E-state index contributed by atoms with van der Waals surface area (Å²) < 4.78 is 6.62. The molecule has 0 aromatic carbocycles. The van der Waals surface area contributed by atoms with Crippen LogP contribution in [0.5, 0.6) is 0 Å². The largest absolute Gasteiger partial charge is 0.383 e. The molecule has 0 unspecified atom stereocenters. The minimum absolute atomic E-state index is 0.0937. The van der Waals surface area contributed by atoms with Gasteiger partial charge in [-0.05, 0) is 0 Å². The number of methoxy groups -OCH3 is 1. The second-order valence-corrected chi connectivity index (χ2v) is 3.07. The van der Waals surface area contributed by atoms with Crippen molar-refractivity contribution in [3.05, 3.63) is 12.4 Å². The first-order valence-electron chi connectivity index (χ1n) is 4.77. The average molecular weight is 212 g/mol. The van der Waals surface area contributed by atoms with Crippen molar-refractivity contribution < 1.29 is 9.53 Å². The highest BCUT2D eigenvalue weighted by molar-refractivity contribution is 5.90. The van der Waals surface area contributed by atoms with Gasteiger partial charge in [-0.25, -0.2) is 0 Å². The highest BCUT2D eigenvalue weighted by Crippen LogP contribution is 2.04. The van der Waals surface area contributed by atoms with E-state index >= 15 is 0 Å². The lowest BCUT2D eigenvalue weighted by Crippen LogP contribution is -2.15. The summed E-state index contributed by atoms with van der Waals surface area (Å²) in [7, 11) is 1.63. The highest BCUT2D eigenvalue weighted by Gasteiger charge is 2.02. The summed E-state index contributed by atoms with van der Waals surface area (Å²) in [6.07, 6.45) is 3.68. The molecule has 0 spiro atoms. The van der Waals surface area contributed by atoms with Crippen molar-refractivity contribution in [1.29, 1.82) is 0 Å². The quantitative estimate of drug-likeness (QED) is 0.685. The van der Waals surface area contributed by atoms with Crippen molar-refractivity contribution >= 4 is 11.6 Å². The Hall–Kier alpha value is -1.40. The van der Waals surface area contributed by atoms with E-state index in [1.165, 1.54) is 0 Å². The van der Waals surface area contributed by atoms with Gasteiger partial charge < -0.3 is 15.8 Å². The zero-order valence-electron chi connectivity index (χ0n) is 8.77. The third-order valence-corrected chi connectivity index (χ3v) is 1.81. The average Bonchev–Trinajstić information content (AvgIpc) is 2.63. The minimum atomic E-state index is -0.0937. The summed E-state index contributed by atoms with van der Waals surface area (Å²) >= 11 is 0. The summed E-state index contributed by atoms with van der Waals surface area (Å²) in [5.74, 6) is -0.0937. The topological polar surface area (TPSA) is 82.2 Å². The van der Waals surface area contributed by atoms with Crippen molar-refractivity contribution in [2.45, 2.75) is 13.0 Å². The molecule has 1 aromatic rings. The van der Waals surface area contributed by atoms with Crippen LogP contribution in [0, 0.1) is 0 Å². The predicted octanol–water partition coefficient (Wildman–Crippen LogP) is -0.183. The molecule has 3 N–H and O–H groups in total. The van der Waals surface area contributed by atoms with Crippen molar-refractivity contribution in [2.24, 2.45) is 5.73 Å². The lowest BCUT2D eigenvalue weighted by Gasteiger charge is -2.00. The van der Waals surface area contributed by atoms with E-state index in [0.717, 1.165) is 0 Å². The molecule has 15 heavy (non-hydrogen) atoms. The van der Waals surface area contributed by atoms with Gasteiger partial charge in [0.05, 0.1) is 25.0 Å². The van der Waals surface area contributed by atoms with Gasteiger partial charge >= 0.3 is 0 Å². The Morgan fingerprint density at radius 2 is 2.53 bits per heavy atom. The summed E-state index contributed by atoms with van der Waals surface area (Å²) in [5, 5.41) is 6.75. The number of hydrogen-bond acceptors (Lipinski definition) is 4. The maximum absolute atomic E-state index is 11.2. The van der Waals surface area contributed by atoms with Gasteiger partial charge in [-0.1, -0.05) is 0 Å². The third kappa shape index (κ3) is 4.09. The van der Waals surface area contributed by atoms with E-state index in [1.54, 1.807) is 24.2 Å². The Balaban J connectivity index is 2.42. The van der Waals surface area contributed by atoms with Gasteiger partial charge in [0.25, 0.3) is 0 Å². The second-order valence-electron chi connectivity index (χ2n) is 3.07. The van der Waals surface area contributed by atoms with Crippen LogP contribution in [0.1, 0.15) is 6.42 Å². The second kappa shape index (κ2) is 6.15.